The Kier molecular flexibility index (Phi) is 4.54. The van der Waals surface area contributed by atoms with Crippen LogP contribution in [-0.2, 0) is 0 Å². The van der Waals surface area contributed by atoms with Crippen molar-refractivity contribution < 1.29 is 4.79 Å². The first-order valence-electron chi connectivity index (χ1n) is 8.91. The lowest BCUT2D eigenvalue weighted by atomic mass is 10.1. The van der Waals surface area contributed by atoms with Crippen LogP contribution in [0.4, 0.5) is 0 Å². The van der Waals surface area contributed by atoms with E-state index in [-0.39, 0.29) is 5.91 Å². The summed E-state index contributed by atoms with van der Waals surface area (Å²) in [4.78, 5) is 17.4. The van der Waals surface area contributed by atoms with Gasteiger partial charge in [-0.2, -0.15) is 5.10 Å². The lowest BCUT2D eigenvalue weighted by Crippen LogP contribution is -2.47. The van der Waals surface area contributed by atoms with Crippen molar-refractivity contribution in [2.24, 2.45) is 0 Å². The fourth-order valence-electron chi connectivity index (χ4n) is 3.32. The molecule has 1 saturated heterocycles. The van der Waals surface area contributed by atoms with Crippen molar-refractivity contribution in [2.45, 2.75) is 0 Å². The van der Waals surface area contributed by atoms with Gasteiger partial charge in [0.25, 0.3) is 5.91 Å². The molecule has 1 aromatic heterocycles. The molecule has 0 N–H and O–H groups in total. The van der Waals surface area contributed by atoms with E-state index in [0.717, 1.165) is 43.1 Å². The highest BCUT2D eigenvalue weighted by Crippen LogP contribution is 2.27. The van der Waals surface area contributed by atoms with Crippen LogP contribution in [0, 0.1) is 0 Å². The van der Waals surface area contributed by atoms with E-state index in [1.54, 1.807) is 6.20 Å². The number of hydrogen-bond acceptors (Lipinski definition) is 3. The van der Waals surface area contributed by atoms with Gasteiger partial charge >= 0.3 is 0 Å². The summed E-state index contributed by atoms with van der Waals surface area (Å²) in [6, 6.07) is 20.0. The Labute approximate surface area is 153 Å². The van der Waals surface area contributed by atoms with E-state index in [0.29, 0.717) is 5.56 Å². The Hall–Kier alpha value is -2.92. The van der Waals surface area contributed by atoms with Gasteiger partial charge in [0.1, 0.15) is 0 Å². The molecule has 3 aromatic rings. The minimum atomic E-state index is 0.0548. The number of aromatic nitrogens is 2. The largest absolute Gasteiger partial charge is 0.336 e. The van der Waals surface area contributed by atoms with Crippen LogP contribution in [0.15, 0.2) is 66.9 Å². The molecule has 4 rings (SSSR count). The van der Waals surface area contributed by atoms with Crippen LogP contribution < -0.4 is 0 Å². The highest BCUT2D eigenvalue weighted by Gasteiger charge is 2.26. The highest BCUT2D eigenvalue weighted by molar-refractivity contribution is 6.00. The zero-order valence-electron chi connectivity index (χ0n) is 14.9. The number of rotatable bonds is 3. The molecule has 2 aromatic carbocycles. The topological polar surface area (TPSA) is 41.4 Å². The van der Waals surface area contributed by atoms with E-state index >= 15 is 0 Å². The fourth-order valence-corrected chi connectivity index (χ4v) is 3.32. The quantitative estimate of drug-likeness (QED) is 0.732. The maximum Gasteiger partial charge on any atom is 0.257 e. The third-order valence-electron chi connectivity index (χ3n) is 4.84. The third kappa shape index (κ3) is 3.13. The van der Waals surface area contributed by atoms with Gasteiger partial charge in [0.05, 0.1) is 23.1 Å². The summed E-state index contributed by atoms with van der Waals surface area (Å²) in [6.07, 6.45) is 1.70. The molecule has 1 amide bonds. The molecule has 26 heavy (non-hydrogen) atoms. The van der Waals surface area contributed by atoms with E-state index in [1.807, 2.05) is 70.2 Å². The fraction of sp³-hybridized carbons (Fsp3) is 0.238. The Morgan fingerprint density at radius 3 is 2.15 bits per heavy atom. The van der Waals surface area contributed by atoms with Crippen LogP contribution >= 0.6 is 0 Å². The van der Waals surface area contributed by atoms with E-state index in [2.05, 4.69) is 17.0 Å². The van der Waals surface area contributed by atoms with Gasteiger partial charge in [0, 0.05) is 31.7 Å². The molecule has 0 bridgehead atoms. The van der Waals surface area contributed by atoms with Crippen LogP contribution in [0.5, 0.6) is 0 Å². The number of benzene rings is 2. The van der Waals surface area contributed by atoms with E-state index in [9.17, 15) is 4.79 Å². The molecule has 2 heterocycles. The van der Waals surface area contributed by atoms with Gasteiger partial charge in [-0.1, -0.05) is 48.5 Å². The molecule has 0 unspecified atom stereocenters. The standard InChI is InChI=1S/C21H22N4O/c1-23-12-14-24(15-13-23)21(26)19-16-22-25(18-10-6-3-7-11-18)20(19)17-8-4-2-5-9-17/h2-11,16H,12-15H2,1H3. The number of hydrogen-bond donors (Lipinski definition) is 0. The van der Waals surface area contributed by atoms with E-state index in [4.69, 9.17) is 0 Å². The molecular formula is C21H22N4O. The molecule has 0 radical (unpaired) electrons. The summed E-state index contributed by atoms with van der Waals surface area (Å²) < 4.78 is 1.86. The molecule has 0 atom stereocenters. The molecule has 1 aliphatic heterocycles. The van der Waals surface area contributed by atoms with Gasteiger partial charge in [-0.25, -0.2) is 4.68 Å². The van der Waals surface area contributed by atoms with Gasteiger partial charge in [-0.3, -0.25) is 4.79 Å². The molecule has 5 heteroatoms. The van der Waals surface area contributed by atoms with Crippen molar-refractivity contribution in [3.05, 3.63) is 72.4 Å². The van der Waals surface area contributed by atoms with Gasteiger partial charge in [-0.05, 0) is 19.2 Å². The number of likely N-dealkylation sites (N-methyl/N-ethyl adjacent to an activating group) is 1. The van der Waals surface area contributed by atoms with Crippen molar-refractivity contribution in [2.75, 3.05) is 33.2 Å². The van der Waals surface area contributed by atoms with Gasteiger partial charge in [-0.15, -0.1) is 0 Å². The third-order valence-corrected chi connectivity index (χ3v) is 4.84. The maximum absolute atomic E-state index is 13.2. The van der Waals surface area contributed by atoms with Gasteiger partial charge in [0.2, 0.25) is 0 Å². The van der Waals surface area contributed by atoms with Crippen LogP contribution in [0.1, 0.15) is 10.4 Å². The molecule has 0 spiro atoms. The predicted molar refractivity (Wildman–Crippen MR) is 102 cm³/mol. The first kappa shape index (κ1) is 16.5. The second-order valence-corrected chi connectivity index (χ2v) is 6.62. The maximum atomic E-state index is 13.2. The summed E-state index contributed by atoms with van der Waals surface area (Å²) >= 11 is 0. The van der Waals surface area contributed by atoms with Crippen LogP contribution in [-0.4, -0.2) is 58.7 Å². The van der Waals surface area contributed by atoms with Gasteiger partial charge < -0.3 is 9.80 Å². The van der Waals surface area contributed by atoms with Crippen molar-refractivity contribution in [1.82, 2.24) is 19.6 Å². The molecule has 0 saturated carbocycles. The lowest BCUT2D eigenvalue weighted by molar-refractivity contribution is 0.0665. The average Bonchev–Trinajstić information content (AvgIpc) is 3.14. The average molecular weight is 346 g/mol. The predicted octanol–water partition coefficient (Wildman–Crippen LogP) is 2.93. The van der Waals surface area contributed by atoms with Crippen molar-refractivity contribution >= 4 is 5.91 Å². The van der Waals surface area contributed by atoms with Crippen molar-refractivity contribution in [1.29, 1.82) is 0 Å². The molecule has 132 valence electrons. The zero-order valence-corrected chi connectivity index (χ0v) is 14.9. The Balaban J connectivity index is 1.78. The monoisotopic (exact) mass is 346 g/mol. The minimum absolute atomic E-state index is 0.0548. The summed E-state index contributed by atoms with van der Waals surface area (Å²) in [5, 5.41) is 4.55. The first-order valence-corrected chi connectivity index (χ1v) is 8.91. The summed E-state index contributed by atoms with van der Waals surface area (Å²) in [5.74, 6) is 0.0548. The second-order valence-electron chi connectivity index (χ2n) is 6.62. The molecule has 1 aliphatic rings. The highest BCUT2D eigenvalue weighted by atomic mass is 16.2. The zero-order chi connectivity index (χ0) is 17.9. The smallest absolute Gasteiger partial charge is 0.257 e. The van der Waals surface area contributed by atoms with Crippen LogP contribution in [0.25, 0.3) is 16.9 Å². The Bertz CT molecular complexity index is 881. The molecular weight excluding hydrogens is 324 g/mol. The molecule has 0 aliphatic carbocycles. The van der Waals surface area contributed by atoms with E-state index < -0.39 is 0 Å². The summed E-state index contributed by atoms with van der Waals surface area (Å²) in [6.45, 7) is 3.30. The second kappa shape index (κ2) is 7.14. The number of carbonyl (C=O) groups is 1. The van der Waals surface area contributed by atoms with Crippen LogP contribution in [0.3, 0.4) is 0 Å². The Morgan fingerprint density at radius 1 is 0.885 bits per heavy atom. The lowest BCUT2D eigenvalue weighted by Gasteiger charge is -2.32. The Morgan fingerprint density at radius 2 is 1.50 bits per heavy atom. The number of carbonyl (C=O) groups excluding carboxylic acids is 1. The number of amides is 1. The number of piperazine rings is 1. The normalized spacial score (nSPS) is 15.2. The molecule has 5 nitrogen and oxygen atoms in total. The SMILES string of the molecule is CN1CCN(C(=O)c2cnn(-c3ccccc3)c2-c2ccccc2)CC1. The van der Waals surface area contributed by atoms with Crippen molar-refractivity contribution in [3.63, 3.8) is 0 Å². The number of nitrogens with zero attached hydrogens (tertiary/aromatic N) is 4. The summed E-state index contributed by atoms with van der Waals surface area (Å²) in [5.41, 5.74) is 3.44. The molecule has 1 fully saturated rings. The van der Waals surface area contributed by atoms with Gasteiger partial charge in [0.15, 0.2) is 0 Å². The number of para-hydroxylation sites is 1. The first-order chi connectivity index (χ1) is 12.7. The van der Waals surface area contributed by atoms with Crippen LogP contribution in [0.2, 0.25) is 0 Å². The summed E-state index contributed by atoms with van der Waals surface area (Å²) in [7, 11) is 2.09. The van der Waals surface area contributed by atoms with Crippen molar-refractivity contribution in [3.8, 4) is 16.9 Å². The minimum Gasteiger partial charge on any atom is -0.336 e. The van der Waals surface area contributed by atoms with E-state index in [1.165, 1.54) is 0 Å².